The molecule has 0 aliphatic carbocycles. The van der Waals surface area contributed by atoms with E-state index in [-0.39, 0.29) is 31.6 Å². The van der Waals surface area contributed by atoms with Crippen molar-refractivity contribution in [2.75, 3.05) is 26.9 Å². The van der Waals surface area contributed by atoms with Gasteiger partial charge in [0.15, 0.2) is 0 Å². The molecule has 3 unspecified atom stereocenters. The Balaban J connectivity index is 1.58. The zero-order valence-corrected chi connectivity index (χ0v) is 20.4. The summed E-state index contributed by atoms with van der Waals surface area (Å²) >= 11 is 0. The summed E-state index contributed by atoms with van der Waals surface area (Å²) in [5.41, 5.74) is 1.43. The summed E-state index contributed by atoms with van der Waals surface area (Å²) in [5.74, 6) is -0.946. The van der Waals surface area contributed by atoms with Crippen molar-refractivity contribution in [3.05, 3.63) is 59.2 Å². The second kappa shape index (κ2) is 8.59. The van der Waals surface area contributed by atoms with Gasteiger partial charge < -0.3 is 24.0 Å². The van der Waals surface area contributed by atoms with Crippen LogP contribution < -0.4 is 9.47 Å². The number of rotatable bonds is 5. The lowest BCUT2D eigenvalue weighted by atomic mass is 9.77. The first-order chi connectivity index (χ1) is 16.8. The summed E-state index contributed by atoms with van der Waals surface area (Å²) in [6.45, 7) is 6.07. The molecule has 0 radical (unpaired) electrons. The van der Waals surface area contributed by atoms with Crippen molar-refractivity contribution in [3.63, 3.8) is 0 Å². The number of piperazine rings is 1. The molecule has 8 nitrogen and oxygen atoms in total. The summed E-state index contributed by atoms with van der Waals surface area (Å²) in [6.07, 6.45) is 0. The van der Waals surface area contributed by atoms with Gasteiger partial charge in [-0.2, -0.15) is 0 Å². The van der Waals surface area contributed by atoms with E-state index in [0.717, 1.165) is 16.7 Å². The van der Waals surface area contributed by atoms with Crippen molar-refractivity contribution in [2.45, 2.75) is 38.9 Å². The summed E-state index contributed by atoms with van der Waals surface area (Å²) in [6, 6.07) is 12.8. The monoisotopic (exact) mass is 478 g/mol. The quantitative estimate of drug-likeness (QED) is 0.615. The van der Waals surface area contributed by atoms with E-state index >= 15 is 0 Å². The van der Waals surface area contributed by atoms with E-state index in [9.17, 15) is 14.4 Å². The van der Waals surface area contributed by atoms with E-state index in [1.807, 2.05) is 37.3 Å². The molecule has 0 spiro atoms. The van der Waals surface area contributed by atoms with Crippen LogP contribution >= 0.6 is 0 Å². The SMILES string of the molecule is CCOC(=O)C1C2COc3cc(OC)ccc3C2N2C(=O)CN(Cc3ccc(C)cc3)C(=O)[C@@]12C. The Bertz CT molecular complexity index is 1180. The third-order valence-electron chi connectivity index (χ3n) is 7.54. The number of ether oxygens (including phenoxy) is 3. The van der Waals surface area contributed by atoms with Crippen molar-refractivity contribution in [1.29, 1.82) is 0 Å². The number of esters is 1. The minimum absolute atomic E-state index is 0.0482. The van der Waals surface area contributed by atoms with E-state index < -0.39 is 29.4 Å². The fraction of sp³-hybridized carbons (Fsp3) is 0.444. The Hall–Kier alpha value is -3.55. The number of fused-ring (bicyclic) bond motifs is 5. The number of amides is 2. The summed E-state index contributed by atoms with van der Waals surface area (Å²) in [7, 11) is 1.58. The van der Waals surface area contributed by atoms with Crippen LogP contribution in [0, 0.1) is 18.8 Å². The average Bonchev–Trinajstić information content (AvgIpc) is 3.13. The van der Waals surface area contributed by atoms with Gasteiger partial charge in [0, 0.05) is 24.1 Å². The van der Waals surface area contributed by atoms with Crippen LogP contribution in [0.25, 0.3) is 0 Å². The molecule has 3 heterocycles. The van der Waals surface area contributed by atoms with Crippen LogP contribution in [-0.4, -0.2) is 60.0 Å². The molecule has 2 aromatic rings. The number of aryl methyl sites for hydroxylation is 1. The molecule has 0 bridgehead atoms. The van der Waals surface area contributed by atoms with Gasteiger partial charge in [0.25, 0.3) is 0 Å². The van der Waals surface area contributed by atoms with Gasteiger partial charge in [-0.3, -0.25) is 14.4 Å². The normalized spacial score (nSPS) is 27.0. The third kappa shape index (κ3) is 3.54. The Labute approximate surface area is 204 Å². The van der Waals surface area contributed by atoms with E-state index in [2.05, 4.69) is 0 Å². The minimum atomic E-state index is -1.38. The van der Waals surface area contributed by atoms with Crippen LogP contribution in [0.2, 0.25) is 0 Å². The lowest BCUT2D eigenvalue weighted by molar-refractivity contribution is -0.170. The highest BCUT2D eigenvalue weighted by Crippen LogP contribution is 2.57. The molecule has 0 saturated carbocycles. The molecular weight excluding hydrogens is 448 g/mol. The molecule has 184 valence electrons. The van der Waals surface area contributed by atoms with Crippen LogP contribution in [0.15, 0.2) is 42.5 Å². The molecule has 2 amide bonds. The van der Waals surface area contributed by atoms with Gasteiger partial charge >= 0.3 is 5.97 Å². The molecule has 0 aromatic heterocycles. The number of carbonyl (C=O) groups excluding carboxylic acids is 3. The molecule has 5 rings (SSSR count). The molecule has 3 aliphatic rings. The lowest BCUT2D eigenvalue weighted by Gasteiger charge is -2.47. The van der Waals surface area contributed by atoms with Crippen molar-refractivity contribution in [1.82, 2.24) is 9.80 Å². The fourth-order valence-corrected chi connectivity index (χ4v) is 5.94. The van der Waals surface area contributed by atoms with Crippen LogP contribution in [0.4, 0.5) is 0 Å². The first-order valence-corrected chi connectivity index (χ1v) is 11.9. The number of methoxy groups -OCH3 is 1. The van der Waals surface area contributed by atoms with Crippen LogP contribution in [0.3, 0.4) is 0 Å². The molecule has 3 aliphatic heterocycles. The second-order valence-corrected chi connectivity index (χ2v) is 9.61. The highest BCUT2D eigenvalue weighted by atomic mass is 16.5. The highest BCUT2D eigenvalue weighted by molar-refractivity contribution is 6.02. The van der Waals surface area contributed by atoms with Crippen molar-refractivity contribution < 1.29 is 28.6 Å². The van der Waals surface area contributed by atoms with Gasteiger partial charge in [-0.1, -0.05) is 29.8 Å². The van der Waals surface area contributed by atoms with Gasteiger partial charge in [-0.05, 0) is 38.5 Å². The van der Waals surface area contributed by atoms with E-state index in [4.69, 9.17) is 14.2 Å². The van der Waals surface area contributed by atoms with Crippen LogP contribution in [0.1, 0.15) is 36.6 Å². The topological polar surface area (TPSA) is 85.4 Å². The summed E-state index contributed by atoms with van der Waals surface area (Å²) in [5, 5.41) is 0. The molecule has 0 N–H and O–H groups in total. The maximum absolute atomic E-state index is 14.1. The largest absolute Gasteiger partial charge is 0.497 e. The maximum atomic E-state index is 14.1. The number of hydrogen-bond donors (Lipinski definition) is 0. The first kappa shape index (κ1) is 23.2. The Kier molecular flexibility index (Phi) is 5.69. The molecule has 8 heteroatoms. The zero-order chi connectivity index (χ0) is 24.9. The predicted octanol–water partition coefficient (Wildman–Crippen LogP) is 2.88. The fourth-order valence-electron chi connectivity index (χ4n) is 5.94. The lowest BCUT2D eigenvalue weighted by Crippen LogP contribution is -2.67. The van der Waals surface area contributed by atoms with E-state index in [0.29, 0.717) is 18.0 Å². The number of benzene rings is 2. The Morgan fingerprint density at radius 1 is 1.17 bits per heavy atom. The molecule has 35 heavy (non-hydrogen) atoms. The average molecular weight is 479 g/mol. The number of carbonyl (C=O) groups is 3. The van der Waals surface area contributed by atoms with Gasteiger partial charge in [0.2, 0.25) is 11.8 Å². The second-order valence-electron chi connectivity index (χ2n) is 9.61. The molecular formula is C27H30N2O6. The summed E-state index contributed by atoms with van der Waals surface area (Å²) in [4.78, 5) is 44.3. The van der Waals surface area contributed by atoms with Gasteiger partial charge in [0.1, 0.15) is 23.6 Å². The third-order valence-corrected chi connectivity index (χ3v) is 7.54. The molecule has 2 saturated heterocycles. The smallest absolute Gasteiger partial charge is 0.312 e. The Morgan fingerprint density at radius 2 is 1.91 bits per heavy atom. The van der Waals surface area contributed by atoms with Gasteiger partial charge in [-0.25, -0.2) is 0 Å². The van der Waals surface area contributed by atoms with Crippen molar-refractivity contribution in [2.24, 2.45) is 11.8 Å². The van der Waals surface area contributed by atoms with E-state index in [1.165, 1.54) is 0 Å². The zero-order valence-electron chi connectivity index (χ0n) is 20.4. The number of nitrogens with zero attached hydrogens (tertiary/aromatic N) is 2. The maximum Gasteiger partial charge on any atom is 0.312 e. The Morgan fingerprint density at radius 3 is 2.60 bits per heavy atom. The first-order valence-electron chi connectivity index (χ1n) is 11.9. The van der Waals surface area contributed by atoms with E-state index in [1.54, 1.807) is 42.9 Å². The van der Waals surface area contributed by atoms with Crippen LogP contribution in [-0.2, 0) is 25.7 Å². The number of hydrogen-bond acceptors (Lipinski definition) is 6. The molecule has 2 fully saturated rings. The molecule has 2 aromatic carbocycles. The van der Waals surface area contributed by atoms with Crippen LogP contribution in [0.5, 0.6) is 11.5 Å². The van der Waals surface area contributed by atoms with Crippen molar-refractivity contribution >= 4 is 17.8 Å². The standard InChI is InChI=1S/C27H30N2O6/c1-5-34-25(31)23-20-15-35-21-12-18(33-4)10-11-19(21)24(20)29-22(30)14-28(26(32)27(23,29)3)13-17-8-6-16(2)7-9-17/h6-12,20,23-24H,5,13-15H2,1-4H3/t20?,23?,24?,27-/m1/s1. The highest BCUT2D eigenvalue weighted by Gasteiger charge is 2.69. The predicted molar refractivity (Wildman–Crippen MR) is 127 cm³/mol. The molecule has 4 atom stereocenters. The van der Waals surface area contributed by atoms with Crippen molar-refractivity contribution in [3.8, 4) is 11.5 Å². The van der Waals surface area contributed by atoms with Gasteiger partial charge in [-0.15, -0.1) is 0 Å². The van der Waals surface area contributed by atoms with Gasteiger partial charge in [0.05, 0.1) is 32.3 Å². The minimum Gasteiger partial charge on any atom is -0.497 e. The summed E-state index contributed by atoms with van der Waals surface area (Å²) < 4.78 is 16.8.